The van der Waals surface area contributed by atoms with Crippen molar-refractivity contribution >= 4 is 11.3 Å². The van der Waals surface area contributed by atoms with E-state index >= 15 is 0 Å². The number of phenolic OH excluding ortho intramolecular Hbond substituents is 1. The predicted octanol–water partition coefficient (Wildman–Crippen LogP) is 23.6. The first-order valence-corrected chi connectivity index (χ1v) is 33.1. The van der Waals surface area contributed by atoms with Gasteiger partial charge in [-0.25, -0.2) is 4.39 Å². The molecular formula is C82H117FO3S. The zero-order chi connectivity index (χ0) is 65.1. The van der Waals surface area contributed by atoms with Gasteiger partial charge in [0.15, 0.2) is 0 Å². The van der Waals surface area contributed by atoms with Crippen LogP contribution < -0.4 is 9.47 Å². The standard InChI is InChI=1S/2C11H16O.2C11H16.C10H13F.C10H14O.C10H14.C8H12S/c1-9(2)8-10-4-6-11(12-3)7-5-10;1-9(2)7-10-5-4-6-11(8-10)12-3;2*1-9(2)8-11-6-4-10(3)5-7-11;2*1-8(2)7-9-3-5-10(11)6-4-9;1-9(2)8-10-6-4-3-5-7-10;1-7(2)6-8-4-3-5-9-8/h4-7,9H,8H2,1-3H3;4-6,8-9H,7H2,1-3H3;2*4-7,9H,8H2,1-3H3;3-6,8H,7H2,1-2H3;3-6,8,11H,7H2,1-2H3;3-7,9H,8H2,1-2H3;3-5,7H,6H2,1-2H3. The lowest BCUT2D eigenvalue weighted by molar-refractivity contribution is 0.414. The van der Waals surface area contributed by atoms with Crippen molar-refractivity contribution in [3.8, 4) is 17.2 Å². The van der Waals surface area contributed by atoms with E-state index in [-0.39, 0.29) is 5.82 Å². The Morgan fingerprint density at radius 2 is 0.632 bits per heavy atom. The molecular weight excluding hydrogens is 1080 g/mol. The number of rotatable bonds is 18. The van der Waals surface area contributed by atoms with Crippen molar-refractivity contribution in [1.82, 2.24) is 0 Å². The SMILES string of the molecule is CC(C)Cc1ccc(F)cc1.CC(C)Cc1ccc(O)cc1.CC(C)Cc1ccccc1.CC(C)Cc1cccs1.COc1ccc(CC(C)C)cc1.COc1cccc(CC(C)C)c1.Cc1ccc(CC(C)C)cc1.Cc1ccc(CC(C)C)cc1. The second-order valence-electron chi connectivity index (χ2n) is 26.3. The number of thiophene rings is 1. The molecule has 0 aliphatic carbocycles. The van der Waals surface area contributed by atoms with Crippen LogP contribution >= 0.6 is 11.3 Å². The fourth-order valence-corrected chi connectivity index (χ4v) is 9.93. The number of halogens is 1. The summed E-state index contributed by atoms with van der Waals surface area (Å²) in [6.45, 7) is 39.8. The van der Waals surface area contributed by atoms with Crippen molar-refractivity contribution in [3.63, 3.8) is 0 Å². The maximum atomic E-state index is 12.4. The highest BCUT2D eigenvalue weighted by Gasteiger charge is 2.03. The van der Waals surface area contributed by atoms with Gasteiger partial charge in [-0.15, -0.1) is 11.3 Å². The smallest absolute Gasteiger partial charge is 0.123 e. The molecule has 0 saturated carbocycles. The summed E-state index contributed by atoms with van der Waals surface area (Å²) >= 11 is 1.85. The topological polar surface area (TPSA) is 38.7 Å². The summed E-state index contributed by atoms with van der Waals surface area (Å²) < 4.78 is 22.6. The Labute approximate surface area is 536 Å². The highest BCUT2D eigenvalue weighted by molar-refractivity contribution is 7.09. The Hall–Kier alpha value is -6.43. The summed E-state index contributed by atoms with van der Waals surface area (Å²) in [4.78, 5) is 1.50. The van der Waals surface area contributed by atoms with E-state index in [4.69, 9.17) is 14.6 Å². The molecule has 0 unspecified atom stereocenters. The van der Waals surface area contributed by atoms with E-state index in [2.05, 4.69) is 245 Å². The van der Waals surface area contributed by atoms with E-state index in [0.29, 0.717) is 23.5 Å². The van der Waals surface area contributed by atoms with Crippen molar-refractivity contribution in [2.75, 3.05) is 14.2 Å². The van der Waals surface area contributed by atoms with Gasteiger partial charge >= 0.3 is 0 Å². The third-order valence-electron chi connectivity index (χ3n) is 12.9. The molecule has 0 spiro atoms. The lowest BCUT2D eigenvalue weighted by Gasteiger charge is -2.06. The summed E-state index contributed by atoms with van der Waals surface area (Å²) in [6, 6.07) is 63.1. The van der Waals surface area contributed by atoms with Gasteiger partial charge in [-0.1, -0.05) is 255 Å². The van der Waals surface area contributed by atoms with Gasteiger partial charge in [-0.2, -0.15) is 0 Å². The highest BCUT2D eigenvalue weighted by atomic mass is 32.1. The normalized spacial score (nSPS) is 10.4. The number of ether oxygens (including phenoxy) is 2. The number of hydrogen-bond donors (Lipinski definition) is 1. The fraction of sp³-hybridized carbons (Fsp3) is 0.439. The van der Waals surface area contributed by atoms with Gasteiger partial charge in [0.1, 0.15) is 23.1 Å². The Kier molecular flexibility index (Phi) is 42.2. The summed E-state index contributed by atoms with van der Waals surface area (Å²) in [7, 11) is 3.39. The Bertz CT molecular complexity index is 2620. The van der Waals surface area contributed by atoms with Gasteiger partial charge in [-0.3, -0.25) is 0 Å². The second-order valence-corrected chi connectivity index (χ2v) is 27.3. The van der Waals surface area contributed by atoms with Gasteiger partial charge in [0.2, 0.25) is 0 Å². The minimum Gasteiger partial charge on any atom is -0.508 e. The van der Waals surface area contributed by atoms with Crippen molar-refractivity contribution in [2.24, 2.45) is 47.3 Å². The van der Waals surface area contributed by atoms with Crippen LogP contribution in [-0.4, -0.2) is 19.3 Å². The van der Waals surface area contributed by atoms with Crippen LogP contribution in [0.25, 0.3) is 0 Å². The Morgan fingerprint density at radius 3 is 0.966 bits per heavy atom. The lowest BCUT2D eigenvalue weighted by atomic mass is 10.0. The van der Waals surface area contributed by atoms with Gasteiger partial charge in [0.05, 0.1) is 14.2 Å². The number of phenols is 1. The summed E-state index contributed by atoms with van der Waals surface area (Å²) in [5.74, 6) is 7.91. The molecule has 87 heavy (non-hydrogen) atoms. The summed E-state index contributed by atoms with van der Waals surface area (Å²) in [5.41, 5.74) is 12.3. The van der Waals surface area contributed by atoms with Crippen molar-refractivity contribution in [2.45, 2.75) is 176 Å². The molecule has 8 rings (SSSR count). The third kappa shape index (κ3) is 43.8. The van der Waals surface area contributed by atoms with Crippen LogP contribution in [-0.2, 0) is 51.4 Å². The zero-order valence-electron chi connectivity index (χ0n) is 57.8. The molecule has 3 nitrogen and oxygen atoms in total. The van der Waals surface area contributed by atoms with Crippen LogP contribution in [0.5, 0.6) is 17.2 Å². The van der Waals surface area contributed by atoms with E-state index in [1.807, 2.05) is 59.9 Å². The van der Waals surface area contributed by atoms with Crippen LogP contribution in [0.4, 0.5) is 4.39 Å². The first kappa shape index (κ1) is 78.6. The molecule has 5 heteroatoms. The number of aryl methyl sites for hydroxylation is 2. The highest BCUT2D eigenvalue weighted by Crippen LogP contribution is 2.18. The summed E-state index contributed by atoms with van der Waals surface area (Å²) in [5, 5.41) is 11.1. The average molecular weight is 1200 g/mol. The second kappa shape index (κ2) is 46.7. The fourth-order valence-electron chi connectivity index (χ4n) is 9.01. The molecule has 1 heterocycles. The lowest BCUT2D eigenvalue weighted by Crippen LogP contribution is -1.94. The number of aromatic hydroxyl groups is 1. The molecule has 0 fully saturated rings. The third-order valence-corrected chi connectivity index (χ3v) is 13.8. The van der Waals surface area contributed by atoms with E-state index < -0.39 is 0 Å². The van der Waals surface area contributed by atoms with E-state index in [9.17, 15) is 4.39 Å². The molecule has 0 atom stereocenters. The van der Waals surface area contributed by atoms with Crippen LogP contribution in [0.2, 0.25) is 0 Å². The van der Waals surface area contributed by atoms with Crippen molar-refractivity contribution < 1.29 is 19.0 Å². The molecule has 7 aromatic carbocycles. The van der Waals surface area contributed by atoms with Gasteiger partial charge < -0.3 is 14.6 Å². The Balaban J connectivity index is 0.000000498. The van der Waals surface area contributed by atoms with Crippen LogP contribution in [0.15, 0.2) is 193 Å². The van der Waals surface area contributed by atoms with Gasteiger partial charge in [-0.05, 0) is 211 Å². The van der Waals surface area contributed by atoms with Crippen LogP contribution in [0.1, 0.15) is 166 Å². The maximum absolute atomic E-state index is 12.4. The molecule has 1 aromatic heterocycles. The quantitative estimate of drug-likeness (QED) is 0.0931. The molecule has 0 amide bonds. The number of hydrogen-bond acceptors (Lipinski definition) is 4. The maximum Gasteiger partial charge on any atom is 0.123 e. The minimum atomic E-state index is -0.155. The molecule has 0 saturated heterocycles. The molecule has 476 valence electrons. The largest absolute Gasteiger partial charge is 0.508 e. The molecule has 0 aliphatic heterocycles. The van der Waals surface area contributed by atoms with Gasteiger partial charge in [0, 0.05) is 4.88 Å². The predicted molar refractivity (Wildman–Crippen MR) is 382 cm³/mol. The average Bonchev–Trinajstić information content (AvgIpc) is 4.14. The first-order chi connectivity index (χ1) is 41.2. The molecule has 0 radical (unpaired) electrons. The Morgan fingerprint density at radius 1 is 0.322 bits per heavy atom. The van der Waals surface area contributed by atoms with Crippen molar-refractivity contribution in [3.05, 3.63) is 254 Å². The molecule has 1 N–H and O–H groups in total. The van der Waals surface area contributed by atoms with E-state index in [1.165, 1.54) is 92.8 Å². The van der Waals surface area contributed by atoms with Crippen molar-refractivity contribution in [1.29, 1.82) is 0 Å². The number of benzene rings is 7. The monoisotopic (exact) mass is 1200 g/mol. The van der Waals surface area contributed by atoms with E-state index in [1.54, 1.807) is 26.4 Å². The summed E-state index contributed by atoms with van der Waals surface area (Å²) in [6.07, 6.45) is 9.20. The molecule has 0 aliphatic rings. The zero-order valence-corrected chi connectivity index (χ0v) is 58.6. The first-order valence-electron chi connectivity index (χ1n) is 32.2. The van der Waals surface area contributed by atoms with Crippen LogP contribution in [0, 0.1) is 67.0 Å². The van der Waals surface area contributed by atoms with E-state index in [0.717, 1.165) is 66.8 Å². The van der Waals surface area contributed by atoms with Crippen LogP contribution in [0.3, 0.4) is 0 Å². The minimum absolute atomic E-state index is 0.155. The van der Waals surface area contributed by atoms with Gasteiger partial charge in [0.25, 0.3) is 0 Å². The molecule has 0 bridgehead atoms. The number of methoxy groups -OCH3 is 2. The molecule has 8 aromatic rings.